The molecule has 4 heteroatoms. The van der Waals surface area contributed by atoms with Gasteiger partial charge in [0.15, 0.2) is 0 Å². The monoisotopic (exact) mass is 266 g/mol. The van der Waals surface area contributed by atoms with Crippen molar-refractivity contribution in [1.29, 1.82) is 0 Å². The van der Waals surface area contributed by atoms with Gasteiger partial charge in [-0.1, -0.05) is 6.92 Å². The van der Waals surface area contributed by atoms with Gasteiger partial charge in [0.2, 0.25) is 0 Å². The molecule has 0 aliphatic rings. The van der Waals surface area contributed by atoms with E-state index in [0.29, 0.717) is 6.04 Å². The molecule has 0 saturated carbocycles. The van der Waals surface area contributed by atoms with E-state index < -0.39 is 0 Å². The third kappa shape index (κ3) is 3.67. The van der Waals surface area contributed by atoms with E-state index in [0.717, 1.165) is 23.4 Å². The average molecular weight is 266 g/mol. The van der Waals surface area contributed by atoms with E-state index in [4.69, 9.17) is 0 Å². The van der Waals surface area contributed by atoms with Crippen LogP contribution in [0.2, 0.25) is 0 Å². The standard InChI is InChI=1S/C14H22N2OS/c1-5-13(10-18-4)16(3)14(17)11-6-8-12(15-2)9-7-11/h6-9,13,15H,5,10H2,1-4H3. The molecule has 3 nitrogen and oxygen atoms in total. The van der Waals surface area contributed by atoms with Crippen molar-refractivity contribution in [2.75, 3.05) is 31.4 Å². The highest BCUT2D eigenvalue weighted by Gasteiger charge is 2.19. The van der Waals surface area contributed by atoms with Gasteiger partial charge in [-0.3, -0.25) is 4.79 Å². The smallest absolute Gasteiger partial charge is 0.253 e. The second kappa shape index (κ2) is 7.31. The van der Waals surface area contributed by atoms with Crippen LogP contribution in [-0.2, 0) is 0 Å². The predicted molar refractivity (Wildman–Crippen MR) is 80.5 cm³/mol. The molecule has 1 atom stereocenters. The van der Waals surface area contributed by atoms with Crippen LogP contribution in [0, 0.1) is 0 Å². The fraction of sp³-hybridized carbons (Fsp3) is 0.500. The van der Waals surface area contributed by atoms with Crippen LogP contribution in [0.4, 0.5) is 5.69 Å². The normalized spacial score (nSPS) is 12.0. The summed E-state index contributed by atoms with van der Waals surface area (Å²) < 4.78 is 0. The molecular weight excluding hydrogens is 244 g/mol. The second-order valence-electron chi connectivity index (χ2n) is 4.26. The van der Waals surface area contributed by atoms with Crippen molar-refractivity contribution >= 4 is 23.4 Å². The van der Waals surface area contributed by atoms with Crippen LogP contribution in [0.5, 0.6) is 0 Å². The summed E-state index contributed by atoms with van der Waals surface area (Å²) >= 11 is 1.78. The van der Waals surface area contributed by atoms with E-state index >= 15 is 0 Å². The van der Waals surface area contributed by atoms with E-state index in [2.05, 4.69) is 18.5 Å². The summed E-state index contributed by atoms with van der Waals surface area (Å²) in [6, 6.07) is 7.90. The summed E-state index contributed by atoms with van der Waals surface area (Å²) in [5.41, 5.74) is 1.77. The molecule has 0 saturated heterocycles. The molecule has 0 aliphatic carbocycles. The van der Waals surface area contributed by atoms with Crippen LogP contribution in [-0.4, -0.2) is 43.0 Å². The summed E-state index contributed by atoms with van der Waals surface area (Å²) in [6.45, 7) is 2.12. The fourth-order valence-electron chi connectivity index (χ4n) is 1.84. The quantitative estimate of drug-likeness (QED) is 0.859. The fourth-order valence-corrected chi connectivity index (χ4v) is 2.69. The Kier molecular flexibility index (Phi) is 6.05. The minimum Gasteiger partial charge on any atom is -0.388 e. The Labute approximate surface area is 114 Å². The maximum Gasteiger partial charge on any atom is 0.253 e. The number of carbonyl (C=O) groups excluding carboxylic acids is 1. The molecule has 1 amide bonds. The molecule has 1 unspecified atom stereocenters. The number of hydrogen-bond donors (Lipinski definition) is 1. The number of rotatable bonds is 6. The SMILES string of the molecule is CCC(CSC)N(C)C(=O)c1ccc(NC)cc1. The van der Waals surface area contributed by atoms with Crippen molar-refractivity contribution in [2.24, 2.45) is 0 Å². The van der Waals surface area contributed by atoms with Crippen LogP contribution in [0.3, 0.4) is 0 Å². The lowest BCUT2D eigenvalue weighted by Gasteiger charge is -2.26. The molecule has 1 N–H and O–H groups in total. The lowest BCUT2D eigenvalue weighted by molar-refractivity contribution is 0.0743. The summed E-state index contributed by atoms with van der Waals surface area (Å²) in [4.78, 5) is 14.2. The van der Waals surface area contributed by atoms with E-state index in [9.17, 15) is 4.79 Å². The number of benzene rings is 1. The lowest BCUT2D eigenvalue weighted by atomic mass is 10.1. The largest absolute Gasteiger partial charge is 0.388 e. The van der Waals surface area contributed by atoms with E-state index in [-0.39, 0.29) is 5.91 Å². The minimum atomic E-state index is 0.0959. The van der Waals surface area contributed by atoms with Crippen LogP contribution in [0.25, 0.3) is 0 Å². The molecule has 1 aromatic carbocycles. The highest BCUT2D eigenvalue weighted by Crippen LogP contribution is 2.14. The van der Waals surface area contributed by atoms with Gasteiger partial charge in [0.25, 0.3) is 5.91 Å². The first kappa shape index (κ1) is 14.9. The molecule has 0 heterocycles. The number of anilines is 1. The van der Waals surface area contributed by atoms with Crippen LogP contribution >= 0.6 is 11.8 Å². The number of hydrogen-bond acceptors (Lipinski definition) is 3. The zero-order valence-corrected chi connectivity index (χ0v) is 12.4. The molecule has 1 aromatic rings. The van der Waals surface area contributed by atoms with Gasteiger partial charge >= 0.3 is 0 Å². The Bertz CT molecular complexity index is 378. The first-order valence-electron chi connectivity index (χ1n) is 6.18. The van der Waals surface area contributed by atoms with Crippen molar-refractivity contribution < 1.29 is 4.79 Å². The van der Waals surface area contributed by atoms with Gasteiger partial charge in [-0.15, -0.1) is 0 Å². The Morgan fingerprint density at radius 2 is 2.00 bits per heavy atom. The molecular formula is C14H22N2OS. The number of amides is 1. The van der Waals surface area contributed by atoms with E-state index in [1.165, 1.54) is 0 Å². The maximum atomic E-state index is 12.3. The summed E-state index contributed by atoms with van der Waals surface area (Å²) in [7, 11) is 3.76. The van der Waals surface area contributed by atoms with E-state index in [1.807, 2.05) is 43.3 Å². The second-order valence-corrected chi connectivity index (χ2v) is 5.17. The van der Waals surface area contributed by atoms with Crippen LogP contribution in [0.15, 0.2) is 24.3 Å². The Morgan fingerprint density at radius 1 is 1.39 bits per heavy atom. The molecule has 0 fully saturated rings. The van der Waals surface area contributed by atoms with Crippen molar-refractivity contribution in [2.45, 2.75) is 19.4 Å². The van der Waals surface area contributed by atoms with Gasteiger partial charge in [-0.05, 0) is 36.9 Å². The molecule has 0 radical (unpaired) electrons. The molecule has 1 rings (SSSR count). The summed E-state index contributed by atoms with van der Waals surface area (Å²) in [5.74, 6) is 1.08. The molecule has 0 bridgehead atoms. The molecule has 18 heavy (non-hydrogen) atoms. The third-order valence-electron chi connectivity index (χ3n) is 3.12. The summed E-state index contributed by atoms with van der Waals surface area (Å²) in [6.07, 6.45) is 3.06. The molecule has 100 valence electrons. The van der Waals surface area contributed by atoms with Gasteiger partial charge in [0.1, 0.15) is 0 Å². The Hall–Kier alpha value is -1.16. The topological polar surface area (TPSA) is 32.3 Å². The number of nitrogens with one attached hydrogen (secondary N) is 1. The highest BCUT2D eigenvalue weighted by molar-refractivity contribution is 7.98. The lowest BCUT2D eigenvalue weighted by Crippen LogP contribution is -2.38. The van der Waals surface area contributed by atoms with Crippen LogP contribution < -0.4 is 5.32 Å². The predicted octanol–water partition coefficient (Wildman–Crippen LogP) is 2.94. The van der Waals surface area contributed by atoms with Crippen LogP contribution in [0.1, 0.15) is 23.7 Å². The number of carbonyl (C=O) groups is 1. The van der Waals surface area contributed by atoms with Gasteiger partial charge < -0.3 is 10.2 Å². The van der Waals surface area contributed by atoms with Gasteiger partial charge in [-0.25, -0.2) is 0 Å². The third-order valence-corrected chi connectivity index (χ3v) is 3.84. The number of thioether (sulfide) groups is 1. The average Bonchev–Trinajstić information content (AvgIpc) is 2.43. The van der Waals surface area contributed by atoms with E-state index in [1.54, 1.807) is 11.8 Å². The molecule has 0 aliphatic heterocycles. The van der Waals surface area contributed by atoms with Crippen molar-refractivity contribution in [3.8, 4) is 0 Å². The van der Waals surface area contributed by atoms with Crippen molar-refractivity contribution in [1.82, 2.24) is 4.90 Å². The Morgan fingerprint density at radius 3 is 2.44 bits per heavy atom. The Balaban J connectivity index is 2.78. The summed E-state index contributed by atoms with van der Waals surface area (Å²) in [5, 5.41) is 3.05. The number of nitrogens with zero attached hydrogens (tertiary/aromatic N) is 1. The molecule has 0 spiro atoms. The minimum absolute atomic E-state index is 0.0959. The van der Waals surface area contributed by atoms with Gasteiger partial charge in [0, 0.05) is 37.1 Å². The van der Waals surface area contributed by atoms with Crippen molar-refractivity contribution in [3.05, 3.63) is 29.8 Å². The first-order chi connectivity index (χ1) is 8.63. The maximum absolute atomic E-state index is 12.3. The highest BCUT2D eigenvalue weighted by atomic mass is 32.2. The van der Waals surface area contributed by atoms with Gasteiger partial charge in [0.05, 0.1) is 0 Å². The van der Waals surface area contributed by atoms with Gasteiger partial charge in [-0.2, -0.15) is 11.8 Å². The first-order valence-corrected chi connectivity index (χ1v) is 7.57. The zero-order chi connectivity index (χ0) is 13.5. The van der Waals surface area contributed by atoms with Crippen molar-refractivity contribution in [3.63, 3.8) is 0 Å². The molecule has 0 aromatic heterocycles. The zero-order valence-electron chi connectivity index (χ0n) is 11.6.